The monoisotopic (exact) mass is 203 g/mol. The van der Waals surface area contributed by atoms with E-state index in [1.54, 1.807) is 6.92 Å². The van der Waals surface area contributed by atoms with Crippen LogP contribution in [-0.4, -0.2) is 5.91 Å². The highest BCUT2D eigenvalue weighted by Gasteiger charge is 2.01. The van der Waals surface area contributed by atoms with E-state index < -0.39 is 0 Å². The first kappa shape index (κ1) is 11.5. The Morgan fingerprint density at radius 2 is 1.80 bits per heavy atom. The number of hydrogen-bond acceptors (Lipinski definition) is 1. The fraction of sp³-hybridized carbons (Fsp3) is 0.308. The molecule has 1 amide bonds. The van der Waals surface area contributed by atoms with E-state index in [1.807, 2.05) is 0 Å². The summed E-state index contributed by atoms with van der Waals surface area (Å²) in [6.45, 7) is 9.96. The molecule has 0 fully saturated rings. The normalized spacial score (nSPS) is 9.80. The summed E-state index contributed by atoms with van der Waals surface area (Å²) in [6.07, 6.45) is 0. The fourth-order valence-electron chi connectivity index (χ4n) is 1.50. The van der Waals surface area contributed by atoms with Crippen LogP contribution in [0.1, 0.15) is 23.6 Å². The Hall–Kier alpha value is -1.57. The van der Waals surface area contributed by atoms with Crippen LogP contribution in [-0.2, 0) is 11.3 Å². The van der Waals surface area contributed by atoms with Crippen molar-refractivity contribution in [3.63, 3.8) is 0 Å². The molecule has 0 unspecified atom stereocenters. The van der Waals surface area contributed by atoms with Crippen molar-refractivity contribution in [2.24, 2.45) is 0 Å². The van der Waals surface area contributed by atoms with Crippen LogP contribution < -0.4 is 5.32 Å². The van der Waals surface area contributed by atoms with Gasteiger partial charge in [-0.1, -0.05) is 35.9 Å². The summed E-state index contributed by atoms with van der Waals surface area (Å²) in [5, 5.41) is 2.81. The second-order valence-electron chi connectivity index (χ2n) is 3.96. The zero-order valence-corrected chi connectivity index (χ0v) is 9.55. The molecule has 1 aromatic rings. The molecule has 0 saturated carbocycles. The van der Waals surface area contributed by atoms with Crippen molar-refractivity contribution in [3.05, 3.63) is 47.0 Å². The van der Waals surface area contributed by atoms with E-state index in [0.29, 0.717) is 12.1 Å². The molecule has 1 rings (SSSR count). The molecule has 0 heterocycles. The van der Waals surface area contributed by atoms with Crippen molar-refractivity contribution in [2.75, 3.05) is 0 Å². The number of carbonyl (C=O) groups is 1. The zero-order valence-electron chi connectivity index (χ0n) is 9.55. The second-order valence-corrected chi connectivity index (χ2v) is 3.96. The molecule has 0 spiro atoms. The van der Waals surface area contributed by atoms with Crippen molar-refractivity contribution in [3.8, 4) is 0 Å². The molecule has 0 atom stereocenters. The molecular formula is C13H17NO. The summed E-state index contributed by atoms with van der Waals surface area (Å²) in [7, 11) is 0. The highest BCUT2D eigenvalue weighted by Crippen LogP contribution is 2.08. The van der Waals surface area contributed by atoms with Crippen LogP contribution in [0.3, 0.4) is 0 Å². The SMILES string of the molecule is C=C(C)C(=O)NCc1cc(C)cc(C)c1. The summed E-state index contributed by atoms with van der Waals surface area (Å²) in [5.41, 5.74) is 4.10. The standard InChI is InChI=1S/C13H17NO/c1-9(2)13(15)14-8-12-6-10(3)5-11(4)7-12/h5-7H,1,8H2,2-4H3,(H,14,15). The van der Waals surface area contributed by atoms with E-state index in [9.17, 15) is 4.79 Å². The average Bonchev–Trinajstić information content (AvgIpc) is 2.12. The predicted molar refractivity (Wildman–Crippen MR) is 62.6 cm³/mol. The fourth-order valence-corrected chi connectivity index (χ4v) is 1.50. The van der Waals surface area contributed by atoms with Gasteiger partial charge in [-0.05, 0) is 26.3 Å². The Bertz CT molecular complexity index is 373. The van der Waals surface area contributed by atoms with Gasteiger partial charge in [0.1, 0.15) is 0 Å². The lowest BCUT2D eigenvalue weighted by Crippen LogP contribution is -2.23. The summed E-state index contributed by atoms with van der Waals surface area (Å²) in [6, 6.07) is 6.27. The second kappa shape index (κ2) is 4.78. The smallest absolute Gasteiger partial charge is 0.246 e. The van der Waals surface area contributed by atoms with Crippen LogP contribution in [0.4, 0.5) is 0 Å². The molecule has 0 radical (unpaired) electrons. The van der Waals surface area contributed by atoms with Crippen LogP contribution in [0.2, 0.25) is 0 Å². The summed E-state index contributed by atoms with van der Waals surface area (Å²) in [5.74, 6) is -0.0887. The largest absolute Gasteiger partial charge is 0.348 e. The topological polar surface area (TPSA) is 29.1 Å². The van der Waals surface area contributed by atoms with Crippen molar-refractivity contribution in [2.45, 2.75) is 27.3 Å². The predicted octanol–water partition coefficient (Wildman–Crippen LogP) is 2.50. The van der Waals surface area contributed by atoms with Gasteiger partial charge in [0.05, 0.1) is 0 Å². The number of benzene rings is 1. The number of hydrogen-bond donors (Lipinski definition) is 1. The quantitative estimate of drug-likeness (QED) is 0.751. The molecule has 15 heavy (non-hydrogen) atoms. The van der Waals surface area contributed by atoms with E-state index in [2.05, 4.69) is 43.9 Å². The third kappa shape index (κ3) is 3.58. The first-order valence-corrected chi connectivity index (χ1v) is 5.00. The minimum atomic E-state index is -0.0887. The van der Waals surface area contributed by atoms with Crippen molar-refractivity contribution >= 4 is 5.91 Å². The molecule has 0 aliphatic heterocycles. The van der Waals surface area contributed by atoms with Crippen molar-refractivity contribution < 1.29 is 4.79 Å². The molecule has 2 heteroatoms. The van der Waals surface area contributed by atoms with Crippen molar-refractivity contribution in [1.82, 2.24) is 5.32 Å². The highest BCUT2D eigenvalue weighted by atomic mass is 16.1. The molecule has 80 valence electrons. The van der Waals surface area contributed by atoms with Crippen LogP contribution in [0.15, 0.2) is 30.4 Å². The lowest BCUT2D eigenvalue weighted by molar-refractivity contribution is -0.117. The van der Waals surface area contributed by atoms with Gasteiger partial charge in [-0.25, -0.2) is 0 Å². The van der Waals surface area contributed by atoms with E-state index in [-0.39, 0.29) is 5.91 Å². The van der Waals surface area contributed by atoms with Gasteiger partial charge in [0.25, 0.3) is 0 Å². The highest BCUT2D eigenvalue weighted by molar-refractivity contribution is 5.91. The summed E-state index contributed by atoms with van der Waals surface area (Å²) >= 11 is 0. The van der Waals surface area contributed by atoms with Crippen LogP contribution in [0, 0.1) is 13.8 Å². The minimum Gasteiger partial charge on any atom is -0.348 e. The third-order valence-corrected chi connectivity index (χ3v) is 2.12. The molecule has 2 nitrogen and oxygen atoms in total. The Morgan fingerprint density at radius 3 is 2.27 bits per heavy atom. The van der Waals surface area contributed by atoms with Gasteiger partial charge in [0.2, 0.25) is 5.91 Å². The van der Waals surface area contributed by atoms with E-state index in [4.69, 9.17) is 0 Å². The summed E-state index contributed by atoms with van der Waals surface area (Å²) in [4.78, 5) is 11.3. The van der Waals surface area contributed by atoms with Gasteiger partial charge in [0.15, 0.2) is 0 Å². The van der Waals surface area contributed by atoms with E-state index >= 15 is 0 Å². The number of nitrogens with one attached hydrogen (secondary N) is 1. The number of carbonyl (C=O) groups excluding carboxylic acids is 1. The van der Waals surface area contributed by atoms with Gasteiger partial charge in [-0.3, -0.25) is 4.79 Å². The number of aryl methyl sites for hydroxylation is 2. The van der Waals surface area contributed by atoms with Crippen molar-refractivity contribution in [1.29, 1.82) is 0 Å². The molecule has 0 bridgehead atoms. The lowest BCUT2D eigenvalue weighted by Gasteiger charge is -2.07. The maximum Gasteiger partial charge on any atom is 0.246 e. The van der Waals surface area contributed by atoms with Gasteiger partial charge in [-0.15, -0.1) is 0 Å². The van der Waals surface area contributed by atoms with Gasteiger partial charge in [0, 0.05) is 12.1 Å². The van der Waals surface area contributed by atoms with Crippen LogP contribution in [0.25, 0.3) is 0 Å². The molecule has 0 aromatic heterocycles. The zero-order chi connectivity index (χ0) is 11.4. The maximum atomic E-state index is 11.3. The molecule has 1 aromatic carbocycles. The molecule has 1 N–H and O–H groups in total. The Labute approximate surface area is 91.0 Å². The number of amides is 1. The first-order valence-electron chi connectivity index (χ1n) is 5.00. The van der Waals surface area contributed by atoms with E-state index in [1.165, 1.54) is 11.1 Å². The number of rotatable bonds is 3. The van der Waals surface area contributed by atoms with Gasteiger partial charge < -0.3 is 5.32 Å². The lowest BCUT2D eigenvalue weighted by atomic mass is 10.1. The molecular weight excluding hydrogens is 186 g/mol. The molecule has 0 aliphatic rings. The Balaban J connectivity index is 2.65. The third-order valence-electron chi connectivity index (χ3n) is 2.12. The molecule has 0 aliphatic carbocycles. The van der Waals surface area contributed by atoms with E-state index in [0.717, 1.165) is 5.56 Å². The van der Waals surface area contributed by atoms with Gasteiger partial charge >= 0.3 is 0 Å². The summed E-state index contributed by atoms with van der Waals surface area (Å²) < 4.78 is 0. The Morgan fingerprint density at radius 1 is 1.27 bits per heavy atom. The Kier molecular flexibility index (Phi) is 3.67. The minimum absolute atomic E-state index is 0.0887. The van der Waals surface area contributed by atoms with Crippen LogP contribution >= 0.6 is 0 Å². The first-order chi connectivity index (χ1) is 6.99. The van der Waals surface area contributed by atoms with Crippen LogP contribution in [0.5, 0.6) is 0 Å². The van der Waals surface area contributed by atoms with Gasteiger partial charge in [-0.2, -0.15) is 0 Å². The maximum absolute atomic E-state index is 11.3. The molecule has 0 saturated heterocycles. The average molecular weight is 203 g/mol.